The van der Waals surface area contributed by atoms with Gasteiger partial charge in [-0.25, -0.2) is 4.98 Å². The van der Waals surface area contributed by atoms with Crippen LogP contribution in [-0.4, -0.2) is 27.1 Å². The van der Waals surface area contributed by atoms with E-state index in [9.17, 15) is 0 Å². The molecule has 2 heterocycles. The summed E-state index contributed by atoms with van der Waals surface area (Å²) in [5.74, 6) is 2.47. The third-order valence-corrected chi connectivity index (χ3v) is 5.46. The number of aromatic nitrogens is 2. The van der Waals surface area contributed by atoms with Crippen molar-refractivity contribution in [2.75, 3.05) is 16.8 Å². The van der Waals surface area contributed by atoms with Crippen LogP contribution in [0.5, 0.6) is 0 Å². The average Bonchev–Trinajstić information content (AvgIpc) is 2.91. The highest BCUT2D eigenvalue weighted by Gasteiger charge is 2.28. The van der Waals surface area contributed by atoms with Gasteiger partial charge < -0.3 is 9.88 Å². The lowest BCUT2D eigenvalue weighted by Gasteiger charge is -2.35. The zero-order chi connectivity index (χ0) is 14.7. The molecule has 112 valence electrons. The molecule has 1 N–H and O–H groups in total. The van der Waals surface area contributed by atoms with Gasteiger partial charge in [0.2, 0.25) is 0 Å². The summed E-state index contributed by atoms with van der Waals surface area (Å²) in [5, 5.41) is 3.71. The minimum absolute atomic E-state index is 0.439. The van der Waals surface area contributed by atoms with Crippen LogP contribution in [0.1, 0.15) is 25.8 Å². The molecule has 1 aliphatic heterocycles. The van der Waals surface area contributed by atoms with E-state index in [0.29, 0.717) is 11.5 Å². The molecule has 3 rings (SSSR count). The van der Waals surface area contributed by atoms with E-state index >= 15 is 0 Å². The topological polar surface area (TPSA) is 29.9 Å². The van der Waals surface area contributed by atoms with E-state index < -0.39 is 0 Å². The summed E-state index contributed by atoms with van der Waals surface area (Å²) in [6.07, 6.45) is 6.93. The first-order chi connectivity index (χ1) is 10.1. The number of imidazole rings is 1. The Bertz CT molecular complexity index is 577. The number of anilines is 1. The highest BCUT2D eigenvalue weighted by molar-refractivity contribution is 7.99. The Labute approximate surface area is 131 Å². The summed E-state index contributed by atoms with van der Waals surface area (Å²) in [6, 6.07) is 9.30. The van der Waals surface area contributed by atoms with Crippen molar-refractivity contribution in [3.05, 3.63) is 48.5 Å². The van der Waals surface area contributed by atoms with Gasteiger partial charge in [0.15, 0.2) is 0 Å². The minimum Gasteiger partial charge on any atom is -0.381 e. The molecule has 0 aliphatic carbocycles. The molecular weight excluding hydrogens is 278 g/mol. The van der Waals surface area contributed by atoms with E-state index in [2.05, 4.69) is 64.7 Å². The molecule has 0 amide bonds. The molecule has 1 aliphatic rings. The van der Waals surface area contributed by atoms with Crippen molar-refractivity contribution in [1.82, 2.24) is 9.55 Å². The van der Waals surface area contributed by atoms with Gasteiger partial charge in [0.05, 0.1) is 6.33 Å². The van der Waals surface area contributed by atoms with E-state index in [0.717, 1.165) is 6.54 Å². The maximum Gasteiger partial charge on any atom is 0.0949 e. The van der Waals surface area contributed by atoms with Crippen molar-refractivity contribution in [2.45, 2.75) is 32.9 Å². The van der Waals surface area contributed by atoms with E-state index in [-0.39, 0.29) is 0 Å². The van der Waals surface area contributed by atoms with Gasteiger partial charge in [0.1, 0.15) is 0 Å². The van der Waals surface area contributed by atoms with Crippen molar-refractivity contribution >= 4 is 17.4 Å². The van der Waals surface area contributed by atoms with E-state index in [1.54, 1.807) is 0 Å². The second kappa shape index (κ2) is 6.14. The van der Waals surface area contributed by atoms with E-state index in [1.165, 1.54) is 29.2 Å². The molecule has 1 saturated heterocycles. The molecule has 0 radical (unpaired) electrons. The van der Waals surface area contributed by atoms with Gasteiger partial charge in [-0.15, -0.1) is 0 Å². The third-order valence-electron chi connectivity index (χ3n) is 3.83. The molecule has 2 aromatic rings. The molecule has 0 spiro atoms. The lowest BCUT2D eigenvalue weighted by Crippen LogP contribution is -2.35. The quantitative estimate of drug-likeness (QED) is 0.929. The van der Waals surface area contributed by atoms with Gasteiger partial charge in [0, 0.05) is 36.4 Å². The SMILES string of the molecule is CC1(C)CSCC(Nc2cccc(Cn3ccnc3)c2)C1. The molecule has 3 nitrogen and oxygen atoms in total. The molecule has 4 heteroatoms. The first kappa shape index (κ1) is 14.5. The number of hydrogen-bond donors (Lipinski definition) is 1. The number of nitrogens with zero attached hydrogens (tertiary/aromatic N) is 2. The number of rotatable bonds is 4. The smallest absolute Gasteiger partial charge is 0.0949 e. The predicted octanol–water partition coefficient (Wildman–Crippen LogP) is 3.88. The van der Waals surface area contributed by atoms with Crippen LogP contribution in [0.25, 0.3) is 0 Å². The van der Waals surface area contributed by atoms with Gasteiger partial charge in [-0.2, -0.15) is 11.8 Å². The Morgan fingerprint density at radius 2 is 2.33 bits per heavy atom. The summed E-state index contributed by atoms with van der Waals surface area (Å²) in [4.78, 5) is 4.09. The van der Waals surface area contributed by atoms with Crippen molar-refractivity contribution in [2.24, 2.45) is 5.41 Å². The summed E-state index contributed by atoms with van der Waals surface area (Å²) >= 11 is 2.06. The minimum atomic E-state index is 0.439. The van der Waals surface area contributed by atoms with Crippen molar-refractivity contribution < 1.29 is 0 Å². The Balaban J connectivity index is 1.65. The van der Waals surface area contributed by atoms with Crippen LogP contribution in [0.3, 0.4) is 0 Å². The van der Waals surface area contributed by atoms with Crippen LogP contribution >= 0.6 is 11.8 Å². The molecule has 0 bridgehead atoms. The van der Waals surface area contributed by atoms with Crippen LogP contribution in [0.2, 0.25) is 0 Å². The molecule has 1 aromatic carbocycles. The molecule has 1 atom stereocenters. The van der Waals surface area contributed by atoms with Crippen LogP contribution in [-0.2, 0) is 6.54 Å². The van der Waals surface area contributed by atoms with Gasteiger partial charge in [-0.3, -0.25) is 0 Å². The maximum absolute atomic E-state index is 4.09. The van der Waals surface area contributed by atoms with E-state index in [1.807, 2.05) is 18.7 Å². The first-order valence-corrected chi connectivity index (χ1v) is 8.65. The lowest BCUT2D eigenvalue weighted by atomic mass is 9.88. The van der Waals surface area contributed by atoms with Crippen molar-refractivity contribution in [1.29, 1.82) is 0 Å². The fourth-order valence-corrected chi connectivity index (χ4v) is 4.22. The van der Waals surface area contributed by atoms with E-state index in [4.69, 9.17) is 0 Å². The van der Waals surface area contributed by atoms with Gasteiger partial charge >= 0.3 is 0 Å². The lowest BCUT2D eigenvalue weighted by molar-refractivity contribution is 0.358. The zero-order valence-electron chi connectivity index (χ0n) is 12.7. The van der Waals surface area contributed by atoms with Crippen molar-refractivity contribution in [3.63, 3.8) is 0 Å². The van der Waals surface area contributed by atoms with Crippen LogP contribution in [0.15, 0.2) is 43.0 Å². The summed E-state index contributed by atoms with van der Waals surface area (Å²) < 4.78 is 2.10. The number of hydrogen-bond acceptors (Lipinski definition) is 3. The molecule has 1 aromatic heterocycles. The number of thioether (sulfide) groups is 1. The molecule has 1 unspecified atom stereocenters. The average molecular weight is 301 g/mol. The van der Waals surface area contributed by atoms with Gasteiger partial charge in [-0.05, 0) is 35.3 Å². The monoisotopic (exact) mass is 301 g/mol. The second-order valence-corrected chi connectivity index (χ2v) is 7.69. The molecule has 1 fully saturated rings. The molecule has 21 heavy (non-hydrogen) atoms. The highest BCUT2D eigenvalue weighted by Crippen LogP contribution is 2.34. The van der Waals surface area contributed by atoms with Gasteiger partial charge in [0.25, 0.3) is 0 Å². The summed E-state index contributed by atoms with van der Waals surface area (Å²) in [6.45, 7) is 5.60. The zero-order valence-corrected chi connectivity index (χ0v) is 13.6. The molecular formula is C17H23N3S. The molecule has 0 saturated carbocycles. The Morgan fingerprint density at radius 3 is 3.10 bits per heavy atom. The second-order valence-electron chi connectivity index (χ2n) is 6.66. The Hall–Kier alpha value is -1.42. The predicted molar refractivity (Wildman–Crippen MR) is 90.9 cm³/mol. The van der Waals surface area contributed by atoms with Crippen LogP contribution in [0, 0.1) is 5.41 Å². The Morgan fingerprint density at radius 1 is 1.43 bits per heavy atom. The van der Waals surface area contributed by atoms with Crippen LogP contribution < -0.4 is 5.32 Å². The Kier molecular flexibility index (Phi) is 4.24. The largest absolute Gasteiger partial charge is 0.381 e. The fraction of sp³-hybridized carbons (Fsp3) is 0.471. The highest BCUT2D eigenvalue weighted by atomic mass is 32.2. The maximum atomic E-state index is 4.09. The van der Waals surface area contributed by atoms with Crippen LogP contribution in [0.4, 0.5) is 5.69 Å². The third kappa shape index (κ3) is 4.03. The standard InChI is InChI=1S/C17H23N3S/c1-17(2)9-16(11-21-12-17)19-15-5-3-4-14(8-15)10-20-7-6-18-13-20/h3-8,13,16,19H,9-12H2,1-2H3. The normalized spacial score (nSPS) is 21.1. The first-order valence-electron chi connectivity index (χ1n) is 7.50. The summed E-state index contributed by atoms with van der Waals surface area (Å²) in [5.41, 5.74) is 2.98. The number of nitrogens with one attached hydrogen (secondary N) is 1. The fourth-order valence-electron chi connectivity index (χ4n) is 2.94. The van der Waals surface area contributed by atoms with Crippen molar-refractivity contribution in [3.8, 4) is 0 Å². The van der Waals surface area contributed by atoms with Gasteiger partial charge in [-0.1, -0.05) is 26.0 Å². The summed E-state index contributed by atoms with van der Waals surface area (Å²) in [7, 11) is 0. The number of benzene rings is 1.